The van der Waals surface area contributed by atoms with Crippen LogP contribution in [0.2, 0.25) is 0 Å². The minimum absolute atomic E-state index is 0.0556. The van der Waals surface area contributed by atoms with Crippen LogP contribution in [-0.2, 0) is 61.9 Å². The summed E-state index contributed by atoms with van der Waals surface area (Å²) in [6.07, 6.45) is 26.8. The van der Waals surface area contributed by atoms with Crippen LogP contribution < -0.4 is 0 Å². The van der Waals surface area contributed by atoms with E-state index in [9.17, 15) is 114 Å². The Morgan fingerprint density at radius 3 is 0.958 bits per heavy atom. The summed E-state index contributed by atoms with van der Waals surface area (Å²) < 4.78 is 165. The van der Waals surface area contributed by atoms with Crippen LogP contribution >= 0.6 is 0 Å². The highest BCUT2D eigenvalue weighted by atomic mass is 19.3. The van der Waals surface area contributed by atoms with Crippen molar-refractivity contribution in [1.82, 2.24) is 0 Å². The smallest absolute Gasteiger partial charge is 0.376 e. The summed E-state index contributed by atoms with van der Waals surface area (Å²) in [5.41, 5.74) is -10.7. The Morgan fingerprint density at radius 1 is 0.288 bits per heavy atom. The zero-order valence-corrected chi connectivity index (χ0v) is 69.7. The predicted molar refractivity (Wildman–Crippen MR) is 400 cm³/mol. The molecule has 13 unspecified atom stereocenters. The molecule has 24 bridgehead atoms. The van der Waals surface area contributed by atoms with Crippen LogP contribution in [0, 0.1) is 98.1 Å². The average molecular weight is 1700 g/mol. The van der Waals surface area contributed by atoms with Gasteiger partial charge < -0.3 is 74.0 Å². The van der Waals surface area contributed by atoms with Gasteiger partial charge in [0.15, 0.2) is 0 Å². The summed E-state index contributed by atoms with van der Waals surface area (Å²) in [6.45, 7) is 7.15. The quantitative estimate of drug-likeness (QED) is 0.0243. The van der Waals surface area contributed by atoms with Crippen molar-refractivity contribution in [2.45, 2.75) is 360 Å². The third-order valence-electron chi connectivity index (χ3n) is 30.8. The van der Waals surface area contributed by atoms with Gasteiger partial charge in [-0.2, -0.15) is 35.1 Å². The van der Waals surface area contributed by atoms with Gasteiger partial charge in [0.1, 0.15) is 6.61 Å². The maximum atomic E-state index is 13.5. The highest BCUT2D eigenvalue weighted by Gasteiger charge is 2.67. The third-order valence-corrected chi connectivity index (χ3v) is 30.8. The number of carbonyl (C=O) groups excluding carboxylic acids is 6. The van der Waals surface area contributed by atoms with Gasteiger partial charge in [-0.15, -0.1) is 0 Å². The summed E-state index contributed by atoms with van der Waals surface area (Å²) in [7, 11) is 0. The molecule has 0 aromatic carbocycles. The van der Waals surface area contributed by atoms with Crippen molar-refractivity contribution in [3.8, 4) is 0 Å². The number of hydrogen-bond donors (Lipinski definition) is 8. The number of alkyl halides is 10. The maximum Gasteiger partial charge on any atom is 0.376 e. The van der Waals surface area contributed by atoms with Crippen LogP contribution in [0.3, 0.4) is 0 Å². The van der Waals surface area contributed by atoms with Crippen LogP contribution in [0.15, 0.2) is 0 Å². The van der Waals surface area contributed by atoms with Crippen molar-refractivity contribution >= 4 is 35.8 Å². The maximum absolute atomic E-state index is 13.5. The number of esters is 6. The van der Waals surface area contributed by atoms with E-state index >= 15 is 0 Å². The second kappa shape index (κ2) is 31.4. The van der Waals surface area contributed by atoms with Gasteiger partial charge in [-0.3, -0.25) is 0 Å². The molecule has 24 saturated carbocycles. The van der Waals surface area contributed by atoms with Gasteiger partial charge in [0.2, 0.25) is 11.3 Å². The standard InChI is InChI=1S/C15H22F2O4.C15H23FO4.C15H23FO3.C14H20F2O4.2C14H20F2O3/c1-13(16,17)12(18)20-2-3-21-15-7-10-4-11(8-15)6-14(19,5-10)9-15;1-12(2,16)11(17)20-9-13-3-10-4-14(18,6-13)8-15(19,5-10)7-13;1-13(2,16)12(17)19-9-14-4-10-3-11(5-14)7-15(18,6-10)8-14;1-11(15,16)10(17)20-8-12-2-9-3-13(18,5-12)7-14(19,4-9)6-12;1-13(15,16)12(18)19-7-14-5-8-2-9(6-14)4-10(3-8)11(14)17;1-13(15,16)12(18)19-7-14-4-8-2-9(5-14)11(17)10(3-8)6-14/h10-11,19H,2-9H2,1H3;10,18-19H,3-9H2,1-2H3;10-11,18H,3-9H2,1-2H3;9,18-19H,2-8H2,1H3;2*8-11,17H,2-7H2,1H3. The Labute approximate surface area is 684 Å². The van der Waals surface area contributed by atoms with E-state index in [4.69, 9.17) is 28.4 Å². The topological polar surface area (TPSA) is 329 Å². The first-order valence-corrected chi connectivity index (χ1v) is 43.3. The first kappa shape index (κ1) is 91.5. The van der Waals surface area contributed by atoms with Gasteiger partial charge in [-0.05, 0) is 298 Å². The highest BCUT2D eigenvalue weighted by molar-refractivity contribution is 5.79. The lowest BCUT2D eigenvalue weighted by Gasteiger charge is -2.63. The van der Waals surface area contributed by atoms with Crippen LogP contribution in [0.5, 0.6) is 0 Å². The van der Waals surface area contributed by atoms with E-state index < -0.39 is 121 Å². The fraction of sp³-hybridized carbons (Fsp3) is 0.931. The molecule has 24 rings (SSSR count). The molecule has 0 heterocycles. The van der Waals surface area contributed by atoms with Gasteiger partial charge in [-0.25, -0.2) is 37.5 Å². The molecule has 0 radical (unpaired) electrons. The summed E-state index contributed by atoms with van der Waals surface area (Å²) in [5.74, 6) is -16.3. The number of rotatable bonds is 20. The molecule has 0 aliphatic heterocycles. The van der Waals surface area contributed by atoms with E-state index in [0.717, 1.165) is 141 Å². The number of carbonyl (C=O) groups is 6. The largest absolute Gasteiger partial charge is 0.463 e. The summed E-state index contributed by atoms with van der Waals surface area (Å²) >= 11 is 0. The Morgan fingerprint density at radius 2 is 0.585 bits per heavy atom. The molecule has 0 aromatic rings. The lowest BCUT2D eigenvalue weighted by molar-refractivity contribution is -0.242. The number of halogens is 10. The average Bonchev–Trinajstić information content (AvgIpc) is 0.710. The van der Waals surface area contributed by atoms with Crippen LogP contribution in [0.1, 0.15) is 274 Å². The van der Waals surface area contributed by atoms with Crippen molar-refractivity contribution in [1.29, 1.82) is 0 Å². The van der Waals surface area contributed by atoms with E-state index in [1.54, 1.807) is 0 Å². The number of hydrogen-bond acceptors (Lipinski definition) is 21. The Hall–Kier alpha value is -4.24. The minimum Gasteiger partial charge on any atom is -0.463 e. The molecule has 672 valence electrons. The zero-order valence-electron chi connectivity index (χ0n) is 69.7. The summed E-state index contributed by atoms with van der Waals surface area (Å²) in [5, 5.41) is 83.9. The first-order chi connectivity index (χ1) is 54.1. The number of aliphatic hydroxyl groups is 8. The van der Waals surface area contributed by atoms with Gasteiger partial charge in [-0.1, -0.05) is 0 Å². The molecule has 24 aliphatic rings. The first-order valence-electron chi connectivity index (χ1n) is 43.3. The minimum atomic E-state index is -3.50. The van der Waals surface area contributed by atoms with Crippen molar-refractivity contribution in [2.75, 3.05) is 46.2 Å². The van der Waals surface area contributed by atoms with Crippen LogP contribution in [0.4, 0.5) is 43.9 Å². The fourth-order valence-corrected chi connectivity index (χ4v) is 29.3. The van der Waals surface area contributed by atoms with Crippen LogP contribution in [0.25, 0.3) is 0 Å². The normalized spacial score (nSPS) is 44.6. The van der Waals surface area contributed by atoms with Gasteiger partial charge in [0.05, 0.1) is 91.1 Å². The molecular weight excluding hydrogens is 1570 g/mol. The van der Waals surface area contributed by atoms with Gasteiger partial charge in [0.25, 0.3) is 0 Å². The molecule has 0 saturated heterocycles. The van der Waals surface area contributed by atoms with Gasteiger partial charge in [0, 0.05) is 74.0 Å². The Kier molecular flexibility index (Phi) is 24.3. The Bertz CT molecular complexity index is 3530. The molecule has 24 aliphatic carbocycles. The van der Waals surface area contributed by atoms with E-state index in [1.165, 1.54) is 40.5 Å². The molecule has 21 nitrogen and oxygen atoms in total. The zero-order chi connectivity index (χ0) is 86.5. The van der Waals surface area contributed by atoms with E-state index in [1.807, 2.05) is 0 Å². The SMILES string of the molecule is CC(C)(F)C(=O)OCC12CC3CC(CC(O)(C3)C1)C2.CC(C)(F)C(=O)OCC12CC3CC(O)(CC(O)(C3)C1)C2.CC(F)(F)C(=O)OCC12CC3CC(C1)C(O)C(C3)C2.CC(F)(F)C(=O)OCC12CC3CC(CC(C3)C1O)C2.CC(F)(F)C(=O)OCC12CC3CC(O)(CC(O)(C3)C1)C2.CC(F)(F)C(=O)OCCOC12CC3CC(CC(O)(C3)C1)C2. The Balaban J connectivity index is 0.000000123. The predicted octanol–water partition coefficient (Wildman–Crippen LogP) is 13.0. The molecule has 31 heteroatoms. The van der Waals surface area contributed by atoms with E-state index in [2.05, 4.69) is 4.74 Å². The molecule has 0 spiro atoms. The van der Waals surface area contributed by atoms with Crippen LogP contribution in [-0.4, -0.2) is 209 Å². The highest BCUT2D eigenvalue weighted by Crippen LogP contribution is 2.68. The van der Waals surface area contributed by atoms with Crippen molar-refractivity contribution < 1.29 is 147 Å². The molecule has 0 amide bonds. The van der Waals surface area contributed by atoms with Crippen molar-refractivity contribution in [2.24, 2.45) is 98.1 Å². The lowest BCUT2D eigenvalue weighted by Crippen LogP contribution is -2.64. The van der Waals surface area contributed by atoms with E-state index in [0.29, 0.717) is 133 Å². The molecule has 13 atom stereocenters. The molecule has 8 N–H and O–H groups in total. The molecule has 0 aromatic heterocycles. The second-order valence-corrected chi connectivity index (χ2v) is 44.2. The molecule has 24 fully saturated rings. The number of aliphatic hydroxyl groups excluding tert-OH is 2. The van der Waals surface area contributed by atoms with Gasteiger partial charge >= 0.3 is 59.5 Å². The second-order valence-electron chi connectivity index (χ2n) is 44.2. The summed E-state index contributed by atoms with van der Waals surface area (Å²) in [6, 6.07) is 0. The molecular formula is C87H128F10O21. The monoisotopic (exact) mass is 1700 g/mol. The van der Waals surface area contributed by atoms with E-state index in [-0.39, 0.29) is 104 Å². The number of ether oxygens (including phenoxy) is 7. The third kappa shape index (κ3) is 20.5. The summed E-state index contributed by atoms with van der Waals surface area (Å²) in [4.78, 5) is 67.8. The van der Waals surface area contributed by atoms with Crippen molar-refractivity contribution in [3.05, 3.63) is 0 Å². The lowest BCUT2D eigenvalue weighted by atomic mass is 9.46. The fourth-order valence-electron chi connectivity index (χ4n) is 29.3. The van der Waals surface area contributed by atoms with Crippen molar-refractivity contribution in [3.63, 3.8) is 0 Å². The molecule has 118 heavy (non-hydrogen) atoms.